The van der Waals surface area contributed by atoms with Crippen molar-refractivity contribution < 1.29 is 14.7 Å². The lowest BCUT2D eigenvalue weighted by Gasteiger charge is -2.12. The molecule has 0 spiro atoms. The molecule has 1 aromatic rings. The summed E-state index contributed by atoms with van der Waals surface area (Å²) in [7, 11) is 0. The Morgan fingerprint density at radius 3 is 2.61 bits per heavy atom. The summed E-state index contributed by atoms with van der Waals surface area (Å²) in [5.41, 5.74) is -0.164. The highest BCUT2D eigenvalue weighted by Crippen LogP contribution is 2.04. The van der Waals surface area contributed by atoms with Gasteiger partial charge in [0.2, 0.25) is 5.91 Å². The summed E-state index contributed by atoms with van der Waals surface area (Å²) < 4.78 is 1.21. The predicted octanol–water partition coefficient (Wildman–Crippen LogP) is 0.529. The van der Waals surface area contributed by atoms with E-state index in [2.05, 4.69) is 29.5 Å². The normalized spacial score (nSPS) is 10.6. The zero-order chi connectivity index (χ0) is 13.5. The van der Waals surface area contributed by atoms with Gasteiger partial charge in [0, 0.05) is 6.54 Å². The third-order valence-corrected chi connectivity index (χ3v) is 2.81. The molecule has 7 nitrogen and oxygen atoms in total. The van der Waals surface area contributed by atoms with E-state index in [9.17, 15) is 9.59 Å². The number of nitrogens with zero attached hydrogens (tertiary/aromatic N) is 3. The van der Waals surface area contributed by atoms with Gasteiger partial charge in [0.25, 0.3) is 0 Å². The van der Waals surface area contributed by atoms with Crippen LogP contribution in [0.4, 0.5) is 0 Å². The van der Waals surface area contributed by atoms with E-state index in [1.54, 1.807) is 0 Å². The Morgan fingerprint density at radius 1 is 1.44 bits per heavy atom. The first-order valence-electron chi connectivity index (χ1n) is 5.96. The Hall–Kier alpha value is -1.92. The fourth-order valence-corrected chi connectivity index (χ4v) is 1.51. The molecule has 0 aliphatic rings. The van der Waals surface area contributed by atoms with Crippen LogP contribution in [0.5, 0.6) is 0 Å². The highest BCUT2D eigenvalue weighted by molar-refractivity contribution is 5.84. The minimum Gasteiger partial charge on any atom is -0.476 e. The molecule has 1 aromatic heterocycles. The number of carboxylic acid groups (broad SMARTS) is 1. The largest absolute Gasteiger partial charge is 0.476 e. The molecule has 0 bridgehead atoms. The molecule has 0 aliphatic heterocycles. The van der Waals surface area contributed by atoms with E-state index in [0.717, 1.165) is 12.8 Å². The minimum absolute atomic E-state index is 0.0135. The van der Waals surface area contributed by atoms with Crippen molar-refractivity contribution in [3.05, 3.63) is 11.9 Å². The molecular weight excluding hydrogens is 236 g/mol. The third kappa shape index (κ3) is 4.15. The maximum atomic E-state index is 11.6. The van der Waals surface area contributed by atoms with Crippen molar-refractivity contribution in [3.8, 4) is 0 Å². The first-order chi connectivity index (χ1) is 8.56. The number of hydrogen-bond donors (Lipinski definition) is 2. The third-order valence-electron chi connectivity index (χ3n) is 2.81. The Morgan fingerprint density at radius 2 is 2.11 bits per heavy atom. The maximum Gasteiger partial charge on any atom is 0.358 e. The van der Waals surface area contributed by atoms with E-state index in [0.29, 0.717) is 12.5 Å². The molecular formula is C11H18N4O3. The first-order valence-corrected chi connectivity index (χ1v) is 5.96. The van der Waals surface area contributed by atoms with Gasteiger partial charge in [-0.25, -0.2) is 9.48 Å². The van der Waals surface area contributed by atoms with Gasteiger partial charge in [-0.15, -0.1) is 5.10 Å². The number of carbonyl (C=O) groups excluding carboxylic acids is 1. The summed E-state index contributed by atoms with van der Waals surface area (Å²) >= 11 is 0. The lowest BCUT2D eigenvalue weighted by Crippen LogP contribution is -2.32. The molecule has 0 aliphatic carbocycles. The molecule has 0 unspecified atom stereocenters. The number of rotatable bonds is 7. The fraction of sp³-hybridized carbons (Fsp3) is 0.636. The van der Waals surface area contributed by atoms with Crippen molar-refractivity contribution in [1.82, 2.24) is 20.3 Å². The average molecular weight is 254 g/mol. The van der Waals surface area contributed by atoms with Crippen molar-refractivity contribution in [2.45, 2.75) is 33.2 Å². The standard InChI is InChI=1S/C11H18N4O3/c1-3-8(4-2)5-12-10(16)7-15-6-9(11(17)18)13-14-15/h6,8H,3-5,7H2,1-2H3,(H,12,16)(H,17,18). The molecule has 100 valence electrons. The summed E-state index contributed by atoms with van der Waals surface area (Å²) in [6, 6.07) is 0. The SMILES string of the molecule is CCC(CC)CNC(=O)Cn1cc(C(=O)O)nn1. The van der Waals surface area contributed by atoms with Crippen molar-refractivity contribution in [3.63, 3.8) is 0 Å². The number of amides is 1. The van der Waals surface area contributed by atoms with Crippen LogP contribution in [0, 0.1) is 5.92 Å². The Labute approximate surface area is 105 Å². The van der Waals surface area contributed by atoms with Gasteiger partial charge in [-0.3, -0.25) is 4.79 Å². The summed E-state index contributed by atoms with van der Waals surface area (Å²) in [5.74, 6) is -0.873. The van der Waals surface area contributed by atoms with E-state index < -0.39 is 5.97 Å². The van der Waals surface area contributed by atoms with Crippen LogP contribution in [0.2, 0.25) is 0 Å². The summed E-state index contributed by atoms with van der Waals surface area (Å²) in [6.07, 6.45) is 3.27. The fourth-order valence-electron chi connectivity index (χ4n) is 1.51. The monoisotopic (exact) mass is 254 g/mol. The van der Waals surface area contributed by atoms with E-state index in [4.69, 9.17) is 5.11 Å². The Balaban J connectivity index is 2.41. The Kier molecular flexibility index (Phi) is 5.29. The summed E-state index contributed by atoms with van der Waals surface area (Å²) in [5, 5.41) is 18.5. The van der Waals surface area contributed by atoms with Crippen molar-refractivity contribution in [2.75, 3.05) is 6.54 Å². The second-order valence-electron chi connectivity index (χ2n) is 4.09. The van der Waals surface area contributed by atoms with Gasteiger partial charge in [-0.05, 0) is 5.92 Å². The average Bonchev–Trinajstić information content (AvgIpc) is 2.79. The van der Waals surface area contributed by atoms with Crippen LogP contribution >= 0.6 is 0 Å². The quantitative estimate of drug-likeness (QED) is 0.739. The molecule has 0 atom stereocenters. The number of nitrogens with one attached hydrogen (secondary N) is 1. The van der Waals surface area contributed by atoms with Gasteiger partial charge in [0.1, 0.15) is 6.54 Å². The van der Waals surface area contributed by atoms with Crippen molar-refractivity contribution >= 4 is 11.9 Å². The highest BCUT2D eigenvalue weighted by Gasteiger charge is 2.11. The summed E-state index contributed by atoms with van der Waals surface area (Å²) in [6.45, 7) is 4.78. The predicted molar refractivity (Wildman–Crippen MR) is 64.1 cm³/mol. The van der Waals surface area contributed by atoms with Gasteiger partial charge < -0.3 is 10.4 Å². The lowest BCUT2D eigenvalue weighted by molar-refractivity contribution is -0.122. The molecule has 0 radical (unpaired) electrons. The van der Waals surface area contributed by atoms with Crippen LogP contribution in [0.3, 0.4) is 0 Å². The molecule has 1 heterocycles. The van der Waals surface area contributed by atoms with E-state index >= 15 is 0 Å². The van der Waals surface area contributed by atoms with Gasteiger partial charge in [-0.2, -0.15) is 0 Å². The van der Waals surface area contributed by atoms with E-state index in [-0.39, 0.29) is 18.1 Å². The van der Waals surface area contributed by atoms with Gasteiger partial charge in [0.05, 0.1) is 6.20 Å². The summed E-state index contributed by atoms with van der Waals surface area (Å²) in [4.78, 5) is 22.2. The topological polar surface area (TPSA) is 97.1 Å². The smallest absolute Gasteiger partial charge is 0.358 e. The second kappa shape index (κ2) is 6.73. The van der Waals surface area contributed by atoms with Gasteiger partial charge in [0.15, 0.2) is 5.69 Å². The van der Waals surface area contributed by atoms with Crippen molar-refractivity contribution in [1.29, 1.82) is 0 Å². The molecule has 1 rings (SSSR count). The molecule has 0 fully saturated rings. The molecule has 1 amide bonds. The van der Waals surface area contributed by atoms with Gasteiger partial charge in [-0.1, -0.05) is 31.9 Å². The number of hydrogen-bond acceptors (Lipinski definition) is 4. The number of aromatic nitrogens is 3. The van der Waals surface area contributed by atoms with E-state index in [1.807, 2.05) is 0 Å². The molecule has 0 saturated heterocycles. The molecule has 18 heavy (non-hydrogen) atoms. The van der Waals surface area contributed by atoms with Crippen molar-refractivity contribution in [2.24, 2.45) is 5.92 Å². The zero-order valence-corrected chi connectivity index (χ0v) is 10.6. The number of aromatic carboxylic acids is 1. The maximum absolute atomic E-state index is 11.6. The first kappa shape index (κ1) is 14.1. The zero-order valence-electron chi connectivity index (χ0n) is 10.6. The molecule has 0 saturated carbocycles. The van der Waals surface area contributed by atoms with Crippen LogP contribution in [-0.2, 0) is 11.3 Å². The van der Waals surface area contributed by atoms with Crippen LogP contribution in [-0.4, -0.2) is 38.5 Å². The molecule has 0 aromatic carbocycles. The highest BCUT2D eigenvalue weighted by atomic mass is 16.4. The molecule has 7 heteroatoms. The molecule has 2 N–H and O–H groups in total. The Bertz CT molecular complexity index is 412. The minimum atomic E-state index is -1.15. The lowest BCUT2D eigenvalue weighted by atomic mass is 10.0. The number of carboxylic acids is 1. The van der Waals surface area contributed by atoms with E-state index in [1.165, 1.54) is 10.9 Å². The van der Waals surface area contributed by atoms with Gasteiger partial charge >= 0.3 is 5.97 Å². The van der Waals surface area contributed by atoms with Crippen LogP contribution in [0.25, 0.3) is 0 Å². The number of carbonyl (C=O) groups is 2. The van der Waals surface area contributed by atoms with Crippen LogP contribution in [0.15, 0.2) is 6.20 Å². The van der Waals surface area contributed by atoms with Crippen LogP contribution < -0.4 is 5.32 Å². The second-order valence-corrected chi connectivity index (χ2v) is 4.09. The van der Waals surface area contributed by atoms with Crippen LogP contribution in [0.1, 0.15) is 37.2 Å².